The van der Waals surface area contributed by atoms with E-state index in [1.165, 1.54) is 57.8 Å². The van der Waals surface area contributed by atoms with Gasteiger partial charge in [-0.25, -0.2) is 0 Å². The monoisotopic (exact) mass is 704 g/mol. The summed E-state index contributed by atoms with van der Waals surface area (Å²) in [6.07, 6.45) is 17.2. The molecule has 0 saturated heterocycles. The van der Waals surface area contributed by atoms with Crippen molar-refractivity contribution in [3.8, 4) is 21.5 Å². The summed E-state index contributed by atoms with van der Waals surface area (Å²) < 4.78 is 47.3. The molecule has 1 heterocycles. The second kappa shape index (κ2) is 21.0. The van der Waals surface area contributed by atoms with Crippen molar-refractivity contribution < 1.29 is 32.6 Å². The summed E-state index contributed by atoms with van der Waals surface area (Å²) >= 11 is -0.374. The Morgan fingerprint density at radius 1 is 0.696 bits per heavy atom. The Kier molecular flexibility index (Phi) is 17.1. The third kappa shape index (κ3) is 12.7. The molecule has 3 rings (SSSR count). The molecule has 1 atom stereocenters. The molecule has 46 heavy (non-hydrogen) atoms. The Bertz CT molecular complexity index is 1340. The zero-order valence-electron chi connectivity index (χ0n) is 27.7. The van der Waals surface area contributed by atoms with E-state index < -0.39 is 41.0 Å². The molecular formula is C38H50F2O5Se. The molecule has 0 bridgehead atoms. The number of hydrogen-bond donors (Lipinski definition) is 0. The molecule has 1 aromatic heterocycles. The number of rotatable bonds is 22. The first-order valence-electron chi connectivity index (χ1n) is 17.1. The summed E-state index contributed by atoms with van der Waals surface area (Å²) in [7, 11) is 0. The van der Waals surface area contributed by atoms with Gasteiger partial charge in [0.05, 0.1) is 0 Å². The van der Waals surface area contributed by atoms with Crippen LogP contribution in [0.1, 0.15) is 137 Å². The molecule has 0 unspecified atom stereocenters. The third-order valence-corrected chi connectivity index (χ3v) is 10.3. The zero-order chi connectivity index (χ0) is 33.1. The van der Waals surface area contributed by atoms with Crippen LogP contribution in [-0.2, 0) is 4.74 Å². The first-order valence-corrected chi connectivity index (χ1v) is 18.8. The number of halogens is 2. The minimum absolute atomic E-state index is 0.374. The van der Waals surface area contributed by atoms with Gasteiger partial charge in [-0.05, 0) is 0 Å². The van der Waals surface area contributed by atoms with Gasteiger partial charge in [-0.15, -0.1) is 0 Å². The number of unbranched alkanes of at least 4 members (excludes halogenated alkanes) is 12. The second-order valence-electron chi connectivity index (χ2n) is 11.9. The van der Waals surface area contributed by atoms with E-state index in [9.17, 15) is 18.4 Å². The fraction of sp³-hybridized carbons (Fsp3) is 0.526. The predicted octanol–water partition coefficient (Wildman–Crippen LogP) is 10.7. The zero-order valence-corrected chi connectivity index (χ0v) is 29.4. The molecule has 0 amide bonds. The molecule has 0 radical (unpaired) electrons. The Morgan fingerprint density at radius 2 is 1.30 bits per heavy atom. The molecule has 0 saturated carbocycles. The molecule has 0 spiro atoms. The van der Waals surface area contributed by atoms with E-state index in [0.717, 1.165) is 60.0 Å². The third-order valence-electron chi connectivity index (χ3n) is 7.95. The van der Waals surface area contributed by atoms with Crippen molar-refractivity contribution in [3.05, 3.63) is 70.2 Å². The van der Waals surface area contributed by atoms with Crippen molar-refractivity contribution >= 4 is 26.4 Å². The summed E-state index contributed by atoms with van der Waals surface area (Å²) in [6, 6.07) is 13.4. The van der Waals surface area contributed by atoms with Crippen LogP contribution in [-0.4, -0.2) is 39.2 Å². The fourth-order valence-corrected chi connectivity index (χ4v) is 7.04. The Morgan fingerprint density at radius 3 is 1.96 bits per heavy atom. The molecule has 0 aliphatic carbocycles. The van der Waals surface area contributed by atoms with Crippen LogP contribution in [0, 0.1) is 11.6 Å². The summed E-state index contributed by atoms with van der Waals surface area (Å²) in [6.45, 7) is 6.78. The summed E-state index contributed by atoms with van der Waals surface area (Å²) in [4.78, 5) is 25.2. The van der Waals surface area contributed by atoms with Gasteiger partial charge in [-0.3, -0.25) is 0 Å². The Labute approximate surface area is 279 Å². The average molecular weight is 704 g/mol. The van der Waals surface area contributed by atoms with Gasteiger partial charge in [0.15, 0.2) is 0 Å². The van der Waals surface area contributed by atoms with Crippen LogP contribution >= 0.6 is 0 Å². The van der Waals surface area contributed by atoms with Crippen LogP contribution < -0.4 is 9.47 Å². The van der Waals surface area contributed by atoms with E-state index >= 15 is 0 Å². The maximum absolute atomic E-state index is 14.8. The maximum atomic E-state index is 14.8. The van der Waals surface area contributed by atoms with Gasteiger partial charge in [-0.1, -0.05) is 65.2 Å². The van der Waals surface area contributed by atoms with Gasteiger partial charge in [0.25, 0.3) is 0 Å². The molecule has 0 aliphatic heterocycles. The van der Waals surface area contributed by atoms with E-state index in [-0.39, 0.29) is 14.5 Å². The van der Waals surface area contributed by atoms with Gasteiger partial charge < -0.3 is 0 Å². The molecule has 8 heteroatoms. The number of benzene rings is 2. The number of carbonyl (C=O) groups is 2. The van der Waals surface area contributed by atoms with Crippen molar-refractivity contribution in [2.75, 3.05) is 6.61 Å². The summed E-state index contributed by atoms with van der Waals surface area (Å²) in [5, 5.41) is 0. The van der Waals surface area contributed by atoms with Crippen molar-refractivity contribution in [3.63, 3.8) is 0 Å². The fourth-order valence-electron chi connectivity index (χ4n) is 5.18. The molecule has 0 N–H and O–H groups in total. The molecule has 0 fully saturated rings. The Hall–Kier alpha value is -2.96. The number of esters is 2. The van der Waals surface area contributed by atoms with Gasteiger partial charge in [0.2, 0.25) is 0 Å². The molecule has 0 aliphatic rings. The summed E-state index contributed by atoms with van der Waals surface area (Å²) in [5.41, 5.74) is 0.437. The van der Waals surface area contributed by atoms with Gasteiger partial charge in [-0.2, -0.15) is 0 Å². The van der Waals surface area contributed by atoms with Crippen LogP contribution in [0.2, 0.25) is 0 Å². The quantitative estimate of drug-likeness (QED) is 0.0451. The van der Waals surface area contributed by atoms with Crippen molar-refractivity contribution in [1.82, 2.24) is 0 Å². The second-order valence-corrected chi connectivity index (χ2v) is 14.2. The normalized spacial score (nSPS) is 11.8. The standard InChI is InChI=1S/C38H50F2O5Se/c1-4-6-8-10-11-12-13-14-15-17-27-43-30-21-19-29(20-22-30)33-25-26-34(46-33)38(42)45-32-24-23-31(35(39)36(32)40)37(41)44-28(3)18-16-9-7-5-2/h19-26,28H,4-18,27H2,1-3H3/t28-/m1/s1. The van der Waals surface area contributed by atoms with Gasteiger partial charge in [0, 0.05) is 0 Å². The van der Waals surface area contributed by atoms with E-state index in [4.69, 9.17) is 14.2 Å². The SMILES string of the molecule is CCCCCCCCCCCCOc1ccc(-c2ccc(C(=O)Oc3ccc(C(=O)O[C@H](C)CCCCCC)c(F)c3F)[se]2)cc1. The average Bonchev–Trinajstić information content (AvgIpc) is 3.55. The van der Waals surface area contributed by atoms with E-state index in [1.807, 2.05) is 30.3 Å². The number of carbonyl (C=O) groups excluding carboxylic acids is 2. The molecule has 3 aromatic rings. The summed E-state index contributed by atoms with van der Waals surface area (Å²) in [5.74, 6) is -4.25. The Balaban J connectivity index is 1.44. The topological polar surface area (TPSA) is 61.8 Å². The van der Waals surface area contributed by atoms with Crippen molar-refractivity contribution in [2.24, 2.45) is 0 Å². The molecule has 252 valence electrons. The minimum atomic E-state index is -1.40. The van der Waals surface area contributed by atoms with E-state index in [2.05, 4.69) is 13.8 Å². The van der Waals surface area contributed by atoms with E-state index in [1.54, 1.807) is 13.0 Å². The molecule has 5 nitrogen and oxygen atoms in total. The first kappa shape index (κ1) is 37.5. The number of ether oxygens (including phenoxy) is 3. The van der Waals surface area contributed by atoms with Gasteiger partial charge in [0.1, 0.15) is 0 Å². The van der Waals surface area contributed by atoms with Crippen LogP contribution in [0.5, 0.6) is 11.5 Å². The van der Waals surface area contributed by atoms with Crippen LogP contribution in [0.4, 0.5) is 8.78 Å². The predicted molar refractivity (Wildman–Crippen MR) is 181 cm³/mol. The van der Waals surface area contributed by atoms with E-state index in [0.29, 0.717) is 17.5 Å². The van der Waals surface area contributed by atoms with Crippen LogP contribution in [0.15, 0.2) is 48.5 Å². The van der Waals surface area contributed by atoms with Crippen molar-refractivity contribution in [2.45, 2.75) is 123 Å². The van der Waals surface area contributed by atoms with Crippen LogP contribution in [0.25, 0.3) is 10.0 Å². The van der Waals surface area contributed by atoms with Crippen LogP contribution in [0.3, 0.4) is 0 Å². The van der Waals surface area contributed by atoms with Crippen molar-refractivity contribution in [1.29, 1.82) is 0 Å². The molecular weight excluding hydrogens is 653 g/mol. The first-order chi connectivity index (χ1) is 22.3. The number of hydrogen-bond acceptors (Lipinski definition) is 5. The van der Waals surface area contributed by atoms with Gasteiger partial charge >= 0.3 is 215 Å². The molecule has 2 aromatic carbocycles.